The molecule has 3 nitrogen and oxygen atoms in total. The molecule has 0 amide bonds. The number of hydrogen-bond acceptors (Lipinski definition) is 2. The molecule has 0 bridgehead atoms. The normalized spacial score (nSPS) is 27.2. The van der Waals surface area contributed by atoms with Gasteiger partial charge in [0, 0.05) is 18.9 Å². The number of nitrogens with zero attached hydrogens (tertiary/aromatic N) is 2. The molecule has 0 spiro atoms. The third kappa shape index (κ3) is 2.29. The van der Waals surface area contributed by atoms with Crippen molar-refractivity contribution in [3.05, 3.63) is 18.2 Å². The first-order chi connectivity index (χ1) is 7.72. The molecule has 0 aromatic carbocycles. The van der Waals surface area contributed by atoms with Crippen molar-refractivity contribution in [2.24, 2.45) is 11.8 Å². The van der Waals surface area contributed by atoms with E-state index in [-0.39, 0.29) is 6.10 Å². The Morgan fingerprint density at radius 2 is 2.38 bits per heavy atom. The molecule has 1 aliphatic carbocycles. The monoisotopic (exact) mass is 222 g/mol. The molecule has 3 heteroatoms. The van der Waals surface area contributed by atoms with Crippen LogP contribution in [0, 0.1) is 11.8 Å². The maximum Gasteiger partial charge on any atom is 0.137 e. The lowest BCUT2D eigenvalue weighted by molar-refractivity contribution is 0.0969. The molecule has 1 N–H and O–H groups in total. The summed E-state index contributed by atoms with van der Waals surface area (Å²) in [5.41, 5.74) is 0. The molecule has 2 rings (SSSR count). The minimum Gasteiger partial charge on any atom is -0.385 e. The lowest BCUT2D eigenvalue weighted by Gasteiger charge is -2.18. The Kier molecular flexibility index (Phi) is 3.64. The first kappa shape index (κ1) is 11.6. The SMILES string of the molecule is CCCn1ccnc1C(O)C1CCC(C)C1. The van der Waals surface area contributed by atoms with E-state index < -0.39 is 0 Å². The van der Waals surface area contributed by atoms with Crippen molar-refractivity contribution in [3.63, 3.8) is 0 Å². The topological polar surface area (TPSA) is 38.0 Å². The number of imidazole rings is 1. The van der Waals surface area contributed by atoms with Gasteiger partial charge < -0.3 is 9.67 Å². The number of aliphatic hydroxyl groups excluding tert-OH is 1. The molecule has 0 aliphatic heterocycles. The third-order valence-corrected chi connectivity index (χ3v) is 3.66. The summed E-state index contributed by atoms with van der Waals surface area (Å²) >= 11 is 0. The average molecular weight is 222 g/mol. The van der Waals surface area contributed by atoms with Crippen LogP contribution in [0.3, 0.4) is 0 Å². The summed E-state index contributed by atoms with van der Waals surface area (Å²) in [4.78, 5) is 4.32. The highest BCUT2D eigenvalue weighted by atomic mass is 16.3. The number of hydrogen-bond donors (Lipinski definition) is 1. The van der Waals surface area contributed by atoms with E-state index in [4.69, 9.17) is 0 Å². The predicted octanol–water partition coefficient (Wildman–Crippen LogP) is 2.76. The van der Waals surface area contributed by atoms with Crippen LogP contribution < -0.4 is 0 Å². The number of rotatable bonds is 4. The molecule has 1 aromatic rings. The Morgan fingerprint density at radius 3 is 3.00 bits per heavy atom. The molecule has 16 heavy (non-hydrogen) atoms. The van der Waals surface area contributed by atoms with Gasteiger partial charge in [-0.15, -0.1) is 0 Å². The van der Waals surface area contributed by atoms with Crippen molar-refractivity contribution in [1.82, 2.24) is 9.55 Å². The molecule has 1 fully saturated rings. The van der Waals surface area contributed by atoms with E-state index in [0.29, 0.717) is 5.92 Å². The maximum absolute atomic E-state index is 10.4. The second kappa shape index (κ2) is 5.00. The van der Waals surface area contributed by atoms with Crippen LogP contribution in [0.5, 0.6) is 0 Å². The van der Waals surface area contributed by atoms with Crippen LogP contribution in [0.2, 0.25) is 0 Å². The standard InChI is InChI=1S/C13H22N2O/c1-3-7-15-8-6-14-13(15)12(16)11-5-4-10(2)9-11/h6,8,10-12,16H,3-5,7,9H2,1-2H3. The first-order valence-electron chi connectivity index (χ1n) is 6.41. The second-order valence-electron chi connectivity index (χ2n) is 5.10. The van der Waals surface area contributed by atoms with E-state index in [1.165, 1.54) is 6.42 Å². The van der Waals surface area contributed by atoms with E-state index >= 15 is 0 Å². The van der Waals surface area contributed by atoms with E-state index in [9.17, 15) is 5.11 Å². The Bertz CT molecular complexity index is 334. The Labute approximate surface area is 97.5 Å². The highest BCUT2D eigenvalue weighted by molar-refractivity contribution is 4.99. The molecule has 3 unspecified atom stereocenters. The van der Waals surface area contributed by atoms with Gasteiger partial charge in [-0.05, 0) is 31.1 Å². The number of aliphatic hydroxyl groups is 1. The largest absolute Gasteiger partial charge is 0.385 e. The van der Waals surface area contributed by atoms with Gasteiger partial charge in [0.2, 0.25) is 0 Å². The van der Waals surface area contributed by atoms with Crippen LogP contribution in [-0.2, 0) is 6.54 Å². The number of aromatic nitrogens is 2. The van der Waals surface area contributed by atoms with Crippen LogP contribution in [0.15, 0.2) is 12.4 Å². The minimum absolute atomic E-state index is 0.369. The van der Waals surface area contributed by atoms with E-state index in [2.05, 4.69) is 23.4 Å². The van der Waals surface area contributed by atoms with E-state index in [1.807, 2.05) is 6.20 Å². The zero-order valence-corrected chi connectivity index (χ0v) is 10.3. The van der Waals surface area contributed by atoms with Crippen LogP contribution in [-0.4, -0.2) is 14.7 Å². The second-order valence-corrected chi connectivity index (χ2v) is 5.10. The summed E-state index contributed by atoms with van der Waals surface area (Å²) in [6.07, 6.45) is 8.01. The van der Waals surface area contributed by atoms with Gasteiger partial charge in [0.1, 0.15) is 11.9 Å². The molecule has 3 atom stereocenters. The summed E-state index contributed by atoms with van der Waals surface area (Å²) in [7, 11) is 0. The smallest absolute Gasteiger partial charge is 0.137 e. The van der Waals surface area contributed by atoms with Gasteiger partial charge >= 0.3 is 0 Å². The zero-order valence-electron chi connectivity index (χ0n) is 10.3. The summed E-state index contributed by atoms with van der Waals surface area (Å²) < 4.78 is 2.09. The van der Waals surface area contributed by atoms with Crippen molar-refractivity contribution >= 4 is 0 Å². The van der Waals surface area contributed by atoms with Crippen molar-refractivity contribution in [2.45, 2.75) is 52.2 Å². The average Bonchev–Trinajstić information content (AvgIpc) is 2.87. The van der Waals surface area contributed by atoms with Crippen LogP contribution in [0.25, 0.3) is 0 Å². The highest BCUT2D eigenvalue weighted by Crippen LogP contribution is 2.38. The van der Waals surface area contributed by atoms with E-state index in [1.54, 1.807) is 6.20 Å². The maximum atomic E-state index is 10.4. The molecule has 0 radical (unpaired) electrons. The van der Waals surface area contributed by atoms with Gasteiger partial charge in [-0.3, -0.25) is 0 Å². The third-order valence-electron chi connectivity index (χ3n) is 3.66. The molecular weight excluding hydrogens is 200 g/mol. The van der Waals surface area contributed by atoms with Crippen molar-refractivity contribution < 1.29 is 5.11 Å². The Balaban J connectivity index is 2.07. The predicted molar refractivity (Wildman–Crippen MR) is 64.0 cm³/mol. The molecule has 90 valence electrons. The van der Waals surface area contributed by atoms with Gasteiger partial charge in [-0.1, -0.05) is 20.3 Å². The van der Waals surface area contributed by atoms with Gasteiger partial charge in [0.25, 0.3) is 0 Å². The highest BCUT2D eigenvalue weighted by Gasteiger charge is 2.30. The van der Waals surface area contributed by atoms with Crippen LogP contribution >= 0.6 is 0 Å². The van der Waals surface area contributed by atoms with Gasteiger partial charge in [0.15, 0.2) is 0 Å². The van der Waals surface area contributed by atoms with E-state index in [0.717, 1.165) is 37.5 Å². The number of aryl methyl sites for hydroxylation is 1. The molecule has 1 aliphatic rings. The first-order valence-corrected chi connectivity index (χ1v) is 6.41. The fraction of sp³-hybridized carbons (Fsp3) is 0.769. The fourth-order valence-corrected chi connectivity index (χ4v) is 2.77. The molecular formula is C13H22N2O. The fourth-order valence-electron chi connectivity index (χ4n) is 2.77. The molecule has 1 heterocycles. The Hall–Kier alpha value is -0.830. The van der Waals surface area contributed by atoms with Gasteiger partial charge in [-0.2, -0.15) is 0 Å². The summed E-state index contributed by atoms with van der Waals surface area (Å²) in [6, 6.07) is 0. The van der Waals surface area contributed by atoms with Crippen LogP contribution in [0.1, 0.15) is 51.5 Å². The van der Waals surface area contributed by atoms with Crippen molar-refractivity contribution in [2.75, 3.05) is 0 Å². The van der Waals surface area contributed by atoms with Crippen molar-refractivity contribution in [1.29, 1.82) is 0 Å². The summed E-state index contributed by atoms with van der Waals surface area (Å²) in [6.45, 7) is 5.37. The molecule has 0 saturated heterocycles. The lowest BCUT2D eigenvalue weighted by Crippen LogP contribution is -2.15. The lowest BCUT2D eigenvalue weighted by atomic mass is 9.99. The minimum atomic E-state index is -0.369. The quantitative estimate of drug-likeness (QED) is 0.850. The van der Waals surface area contributed by atoms with Crippen LogP contribution in [0.4, 0.5) is 0 Å². The van der Waals surface area contributed by atoms with Crippen molar-refractivity contribution in [3.8, 4) is 0 Å². The molecule has 1 saturated carbocycles. The zero-order chi connectivity index (χ0) is 11.5. The van der Waals surface area contributed by atoms with Gasteiger partial charge in [-0.25, -0.2) is 4.98 Å². The van der Waals surface area contributed by atoms with Gasteiger partial charge in [0.05, 0.1) is 0 Å². The summed E-state index contributed by atoms with van der Waals surface area (Å²) in [5, 5.41) is 10.4. The molecule has 1 aromatic heterocycles. The summed E-state index contributed by atoms with van der Waals surface area (Å²) in [5.74, 6) is 2.03. The Morgan fingerprint density at radius 1 is 1.56 bits per heavy atom.